The molecule has 0 bridgehead atoms. The molecule has 1 aliphatic heterocycles. The second-order valence-electron chi connectivity index (χ2n) is 6.44. The van der Waals surface area contributed by atoms with Gasteiger partial charge in [-0.05, 0) is 45.2 Å². The van der Waals surface area contributed by atoms with Crippen LogP contribution in [0.2, 0.25) is 0 Å². The molecule has 1 aliphatic carbocycles. The highest BCUT2D eigenvalue weighted by Gasteiger charge is 2.47. The van der Waals surface area contributed by atoms with Crippen molar-refractivity contribution in [3.05, 3.63) is 12.2 Å². The van der Waals surface area contributed by atoms with Gasteiger partial charge in [0.15, 0.2) is 5.60 Å². The predicted molar refractivity (Wildman–Crippen MR) is 78.3 cm³/mol. The van der Waals surface area contributed by atoms with Gasteiger partial charge in [0, 0.05) is 19.0 Å². The first-order chi connectivity index (χ1) is 9.44. The molecule has 1 heterocycles. The number of nitrogens with zero attached hydrogens (tertiary/aromatic N) is 1. The van der Waals surface area contributed by atoms with Gasteiger partial charge in [0.2, 0.25) is 0 Å². The van der Waals surface area contributed by atoms with Gasteiger partial charge in [-0.1, -0.05) is 19.4 Å². The number of carbonyl (C=O) groups excluding carboxylic acids is 1. The first-order valence-corrected chi connectivity index (χ1v) is 7.72. The van der Waals surface area contributed by atoms with E-state index in [-0.39, 0.29) is 12.0 Å². The first kappa shape index (κ1) is 15.5. The summed E-state index contributed by atoms with van der Waals surface area (Å²) in [6, 6.07) is 0. The average molecular weight is 281 g/mol. The minimum absolute atomic E-state index is 0.0289. The Morgan fingerprint density at radius 3 is 2.30 bits per heavy atom. The van der Waals surface area contributed by atoms with Gasteiger partial charge in [0.1, 0.15) is 6.10 Å². The zero-order chi connectivity index (χ0) is 14.8. The van der Waals surface area contributed by atoms with Crippen molar-refractivity contribution >= 4 is 5.97 Å². The zero-order valence-corrected chi connectivity index (χ0v) is 12.7. The smallest absolute Gasteiger partial charge is 0.343 e. The second-order valence-corrected chi connectivity index (χ2v) is 6.44. The quantitative estimate of drug-likeness (QED) is 0.633. The lowest BCUT2D eigenvalue weighted by molar-refractivity contribution is -0.174. The lowest BCUT2D eigenvalue weighted by Crippen LogP contribution is -2.49. The summed E-state index contributed by atoms with van der Waals surface area (Å²) in [6.45, 7) is 7.44. The van der Waals surface area contributed by atoms with Crippen molar-refractivity contribution in [2.45, 2.75) is 57.2 Å². The Morgan fingerprint density at radius 2 is 1.80 bits per heavy atom. The predicted octanol–water partition coefficient (Wildman–Crippen LogP) is 2.12. The van der Waals surface area contributed by atoms with Gasteiger partial charge >= 0.3 is 5.97 Å². The van der Waals surface area contributed by atoms with E-state index in [0.717, 1.165) is 51.6 Å². The van der Waals surface area contributed by atoms with E-state index in [2.05, 4.69) is 18.5 Å². The third-order valence-corrected chi connectivity index (χ3v) is 4.85. The van der Waals surface area contributed by atoms with Crippen LogP contribution in [-0.4, -0.2) is 47.8 Å². The number of esters is 1. The van der Waals surface area contributed by atoms with E-state index in [4.69, 9.17) is 4.74 Å². The molecule has 114 valence electrons. The summed E-state index contributed by atoms with van der Waals surface area (Å²) in [7, 11) is 2.07. The highest BCUT2D eigenvalue weighted by atomic mass is 16.6. The molecule has 1 N–H and O–H groups in total. The van der Waals surface area contributed by atoms with Crippen molar-refractivity contribution < 1.29 is 14.6 Å². The van der Waals surface area contributed by atoms with Crippen LogP contribution < -0.4 is 0 Å². The van der Waals surface area contributed by atoms with Crippen molar-refractivity contribution in [2.24, 2.45) is 5.92 Å². The van der Waals surface area contributed by atoms with Crippen LogP contribution in [0.1, 0.15) is 45.4 Å². The lowest BCUT2D eigenvalue weighted by Gasteiger charge is -2.35. The van der Waals surface area contributed by atoms with E-state index in [1.165, 1.54) is 0 Å². The van der Waals surface area contributed by atoms with Gasteiger partial charge in [-0.15, -0.1) is 0 Å². The Balaban J connectivity index is 2.02. The van der Waals surface area contributed by atoms with Crippen LogP contribution in [0.5, 0.6) is 0 Å². The minimum Gasteiger partial charge on any atom is -0.460 e. The monoisotopic (exact) mass is 281 g/mol. The summed E-state index contributed by atoms with van der Waals surface area (Å²) >= 11 is 0. The molecular formula is C16H27NO3. The van der Waals surface area contributed by atoms with E-state index in [1.807, 2.05) is 0 Å². The van der Waals surface area contributed by atoms with Gasteiger partial charge in [0.05, 0.1) is 0 Å². The summed E-state index contributed by atoms with van der Waals surface area (Å²) in [5.41, 5.74) is -0.970. The standard InChI is InChI=1S/C16H27NO3/c1-12(2)16(19,13-6-4-5-7-13)15(18)20-14-8-10-17(3)11-9-14/h13-14,19H,1,4-11H2,2-3H3. The molecule has 0 spiro atoms. The van der Waals surface area contributed by atoms with Gasteiger partial charge in [-0.3, -0.25) is 0 Å². The average Bonchev–Trinajstić information content (AvgIpc) is 2.94. The van der Waals surface area contributed by atoms with E-state index < -0.39 is 11.6 Å². The molecule has 1 saturated carbocycles. The maximum Gasteiger partial charge on any atom is 0.343 e. The second kappa shape index (κ2) is 6.27. The lowest BCUT2D eigenvalue weighted by atomic mass is 9.81. The molecule has 4 nitrogen and oxygen atoms in total. The molecule has 2 rings (SSSR count). The van der Waals surface area contributed by atoms with Gasteiger partial charge in [-0.2, -0.15) is 0 Å². The third-order valence-electron chi connectivity index (χ3n) is 4.85. The van der Waals surface area contributed by atoms with Crippen LogP contribution in [0.4, 0.5) is 0 Å². The van der Waals surface area contributed by atoms with Crippen molar-refractivity contribution in [1.82, 2.24) is 4.90 Å². The van der Waals surface area contributed by atoms with Crippen LogP contribution in [0.25, 0.3) is 0 Å². The van der Waals surface area contributed by atoms with Crippen LogP contribution in [0, 0.1) is 5.92 Å². The molecule has 0 amide bonds. The molecule has 2 fully saturated rings. The molecule has 2 aliphatic rings. The zero-order valence-electron chi connectivity index (χ0n) is 12.7. The van der Waals surface area contributed by atoms with Gasteiger partial charge in [-0.25, -0.2) is 4.79 Å². The summed E-state index contributed by atoms with van der Waals surface area (Å²) in [4.78, 5) is 14.7. The molecule has 0 aromatic carbocycles. The fraction of sp³-hybridized carbons (Fsp3) is 0.812. The van der Waals surface area contributed by atoms with E-state index in [9.17, 15) is 9.90 Å². The number of hydrogen-bond acceptors (Lipinski definition) is 4. The van der Waals surface area contributed by atoms with Crippen molar-refractivity contribution in [1.29, 1.82) is 0 Å². The number of rotatable bonds is 4. The summed E-state index contributed by atoms with van der Waals surface area (Å²) in [5.74, 6) is -0.509. The highest BCUT2D eigenvalue weighted by molar-refractivity contribution is 5.83. The molecule has 1 saturated heterocycles. The number of carbonyl (C=O) groups is 1. The fourth-order valence-electron chi connectivity index (χ4n) is 3.38. The highest BCUT2D eigenvalue weighted by Crippen LogP contribution is 2.39. The van der Waals surface area contributed by atoms with E-state index in [0.29, 0.717) is 5.57 Å². The third kappa shape index (κ3) is 3.07. The van der Waals surface area contributed by atoms with Crippen LogP contribution in [0.15, 0.2) is 12.2 Å². The van der Waals surface area contributed by atoms with Crippen LogP contribution in [-0.2, 0) is 9.53 Å². The Labute approximate surface area is 121 Å². The number of likely N-dealkylation sites (tertiary alicyclic amines) is 1. The summed E-state index contributed by atoms with van der Waals surface area (Å²) in [6.07, 6.45) is 5.53. The maximum absolute atomic E-state index is 12.5. The molecule has 1 atom stereocenters. The van der Waals surface area contributed by atoms with E-state index >= 15 is 0 Å². The Kier molecular flexibility index (Phi) is 4.86. The van der Waals surface area contributed by atoms with E-state index in [1.54, 1.807) is 6.92 Å². The Bertz CT molecular complexity index is 368. The largest absolute Gasteiger partial charge is 0.460 e. The number of hydrogen-bond donors (Lipinski definition) is 1. The fourth-order valence-corrected chi connectivity index (χ4v) is 3.38. The first-order valence-electron chi connectivity index (χ1n) is 7.72. The Hall–Kier alpha value is -0.870. The molecule has 1 unspecified atom stereocenters. The molecular weight excluding hydrogens is 254 g/mol. The molecule has 0 aromatic heterocycles. The molecule has 20 heavy (non-hydrogen) atoms. The van der Waals surface area contributed by atoms with Gasteiger partial charge in [0.25, 0.3) is 0 Å². The Morgan fingerprint density at radius 1 is 1.25 bits per heavy atom. The SMILES string of the molecule is C=C(C)C(O)(C(=O)OC1CCN(C)CC1)C1CCCC1. The van der Waals surface area contributed by atoms with Crippen LogP contribution in [0.3, 0.4) is 0 Å². The summed E-state index contributed by atoms with van der Waals surface area (Å²) in [5, 5.41) is 10.9. The van der Waals surface area contributed by atoms with Gasteiger partial charge < -0.3 is 14.7 Å². The van der Waals surface area contributed by atoms with Crippen molar-refractivity contribution in [3.63, 3.8) is 0 Å². The summed E-state index contributed by atoms with van der Waals surface area (Å²) < 4.78 is 5.60. The number of ether oxygens (including phenoxy) is 1. The number of aliphatic hydroxyl groups is 1. The van der Waals surface area contributed by atoms with Crippen molar-refractivity contribution in [3.8, 4) is 0 Å². The molecule has 4 heteroatoms. The topological polar surface area (TPSA) is 49.8 Å². The number of piperidine rings is 1. The normalized spacial score (nSPS) is 25.4. The minimum atomic E-state index is -1.49. The van der Waals surface area contributed by atoms with Crippen molar-refractivity contribution in [2.75, 3.05) is 20.1 Å². The molecule has 0 aromatic rings. The molecule has 0 radical (unpaired) electrons. The maximum atomic E-state index is 12.5. The van der Waals surface area contributed by atoms with Crippen LogP contribution >= 0.6 is 0 Å².